The molecule has 6 nitrogen and oxygen atoms in total. The van der Waals surface area contributed by atoms with E-state index < -0.39 is 21.7 Å². The lowest BCUT2D eigenvalue weighted by Crippen LogP contribution is -2.34. The zero-order valence-corrected chi connectivity index (χ0v) is 13.0. The number of amides is 1. The Morgan fingerprint density at radius 1 is 1.43 bits per heavy atom. The fourth-order valence-electron chi connectivity index (χ4n) is 1.86. The van der Waals surface area contributed by atoms with Gasteiger partial charge >= 0.3 is 0 Å². The first-order valence-electron chi connectivity index (χ1n) is 6.33. The number of sulfonamides is 1. The summed E-state index contributed by atoms with van der Waals surface area (Å²) in [7, 11) is -2.59. The molecule has 0 aliphatic rings. The molecule has 0 aromatic heterocycles. The second-order valence-electron chi connectivity index (χ2n) is 4.50. The van der Waals surface area contributed by atoms with E-state index in [0.717, 1.165) is 12.1 Å². The number of halogens is 1. The fraction of sp³-hybridized carbons (Fsp3) is 0.462. The summed E-state index contributed by atoms with van der Waals surface area (Å²) in [6.45, 7) is 4.11. The number of nitrogens with two attached hydrogens (primary N) is 1. The quantitative estimate of drug-likeness (QED) is 0.843. The summed E-state index contributed by atoms with van der Waals surface area (Å²) in [5.41, 5.74) is -0.158. The number of hydrogen-bond acceptors (Lipinski definition) is 4. The Labute approximate surface area is 123 Å². The summed E-state index contributed by atoms with van der Waals surface area (Å²) < 4.78 is 41.6. The van der Waals surface area contributed by atoms with Crippen molar-refractivity contribution in [1.82, 2.24) is 4.90 Å². The van der Waals surface area contributed by atoms with Gasteiger partial charge in [-0.2, -0.15) is 0 Å². The zero-order valence-electron chi connectivity index (χ0n) is 12.2. The Morgan fingerprint density at radius 2 is 2.05 bits per heavy atom. The molecule has 1 aromatic carbocycles. The molecule has 1 rings (SSSR count). The van der Waals surface area contributed by atoms with Gasteiger partial charge in [0.2, 0.25) is 10.0 Å². The molecule has 2 N–H and O–H groups in total. The lowest BCUT2D eigenvalue weighted by molar-refractivity contribution is 0.0705. The monoisotopic (exact) mass is 318 g/mol. The molecule has 0 atom stereocenters. The highest BCUT2D eigenvalue weighted by Gasteiger charge is 2.21. The molecular weight excluding hydrogens is 299 g/mol. The van der Waals surface area contributed by atoms with E-state index in [2.05, 4.69) is 0 Å². The molecule has 0 fully saturated rings. The van der Waals surface area contributed by atoms with Gasteiger partial charge < -0.3 is 9.64 Å². The molecule has 0 radical (unpaired) electrons. The van der Waals surface area contributed by atoms with Crippen LogP contribution in [0.3, 0.4) is 0 Å². The van der Waals surface area contributed by atoms with Gasteiger partial charge in [-0.15, -0.1) is 0 Å². The molecule has 0 heterocycles. The number of carbonyl (C=O) groups excluding carboxylic acids is 1. The molecular formula is C13H19FN2O4S. The largest absolute Gasteiger partial charge is 0.383 e. The van der Waals surface area contributed by atoms with Crippen LogP contribution in [0.1, 0.15) is 22.8 Å². The maximum absolute atomic E-state index is 13.8. The Bertz CT molecular complexity index is 631. The van der Waals surface area contributed by atoms with Gasteiger partial charge in [-0.1, -0.05) is 0 Å². The van der Waals surface area contributed by atoms with Crippen molar-refractivity contribution in [3.05, 3.63) is 29.1 Å². The Kier molecular flexibility index (Phi) is 5.82. The van der Waals surface area contributed by atoms with E-state index in [1.807, 2.05) is 0 Å². The van der Waals surface area contributed by atoms with E-state index in [1.165, 1.54) is 18.9 Å². The van der Waals surface area contributed by atoms with Crippen LogP contribution in [0, 0.1) is 12.7 Å². The molecule has 0 bridgehead atoms. The highest BCUT2D eigenvalue weighted by atomic mass is 32.2. The SMILES string of the molecule is CCN(CCOC)C(=O)c1cc(F)c(C)c(S(N)(=O)=O)c1. The standard InChI is InChI=1S/C13H19FN2O4S/c1-4-16(5-6-20-3)13(17)10-7-11(14)9(2)12(8-10)21(15,18)19/h7-8H,4-6H2,1-3H3,(H2,15,18,19). The van der Waals surface area contributed by atoms with Gasteiger partial charge in [0.05, 0.1) is 11.5 Å². The molecule has 0 aliphatic carbocycles. The highest BCUT2D eigenvalue weighted by Crippen LogP contribution is 2.20. The molecule has 0 unspecified atom stereocenters. The number of benzene rings is 1. The number of hydrogen-bond donors (Lipinski definition) is 1. The van der Waals surface area contributed by atoms with E-state index in [0.29, 0.717) is 19.7 Å². The van der Waals surface area contributed by atoms with Crippen LogP contribution >= 0.6 is 0 Å². The summed E-state index contributed by atoms with van der Waals surface area (Å²) in [5.74, 6) is -1.26. The number of ether oxygens (including phenoxy) is 1. The smallest absolute Gasteiger partial charge is 0.254 e. The highest BCUT2D eigenvalue weighted by molar-refractivity contribution is 7.89. The summed E-state index contributed by atoms with van der Waals surface area (Å²) >= 11 is 0. The van der Waals surface area contributed by atoms with Crippen LogP contribution in [0.5, 0.6) is 0 Å². The summed E-state index contributed by atoms with van der Waals surface area (Å²) in [6.07, 6.45) is 0. The van der Waals surface area contributed by atoms with Crippen molar-refractivity contribution in [3.63, 3.8) is 0 Å². The first-order chi connectivity index (χ1) is 9.72. The first kappa shape index (κ1) is 17.5. The van der Waals surface area contributed by atoms with Crippen molar-refractivity contribution in [2.75, 3.05) is 26.8 Å². The number of rotatable bonds is 6. The molecule has 0 saturated carbocycles. The lowest BCUT2D eigenvalue weighted by atomic mass is 10.1. The van der Waals surface area contributed by atoms with Gasteiger partial charge in [-0.05, 0) is 26.0 Å². The predicted molar refractivity (Wildman–Crippen MR) is 76.0 cm³/mol. The van der Waals surface area contributed by atoms with Crippen molar-refractivity contribution >= 4 is 15.9 Å². The van der Waals surface area contributed by atoms with Crippen LogP contribution in [0.25, 0.3) is 0 Å². The molecule has 0 saturated heterocycles. The molecule has 1 aromatic rings. The van der Waals surface area contributed by atoms with Crippen molar-refractivity contribution in [2.45, 2.75) is 18.7 Å². The van der Waals surface area contributed by atoms with Crippen molar-refractivity contribution < 1.29 is 22.3 Å². The zero-order chi connectivity index (χ0) is 16.2. The van der Waals surface area contributed by atoms with Crippen molar-refractivity contribution in [2.24, 2.45) is 5.14 Å². The molecule has 118 valence electrons. The van der Waals surface area contributed by atoms with Crippen molar-refractivity contribution in [1.29, 1.82) is 0 Å². The van der Waals surface area contributed by atoms with Crippen LogP contribution in [-0.4, -0.2) is 46.0 Å². The van der Waals surface area contributed by atoms with Crippen LogP contribution in [0.15, 0.2) is 17.0 Å². The number of carbonyl (C=O) groups is 1. The Balaban J connectivity index is 3.25. The van der Waals surface area contributed by atoms with Crippen LogP contribution in [0.2, 0.25) is 0 Å². The molecule has 1 amide bonds. The van der Waals surface area contributed by atoms with E-state index in [-0.39, 0.29) is 16.0 Å². The third-order valence-electron chi connectivity index (χ3n) is 3.08. The van der Waals surface area contributed by atoms with Gasteiger partial charge in [-0.25, -0.2) is 17.9 Å². The Morgan fingerprint density at radius 3 is 2.52 bits per heavy atom. The van der Waals surface area contributed by atoms with E-state index in [1.54, 1.807) is 6.92 Å². The average molecular weight is 318 g/mol. The molecule has 21 heavy (non-hydrogen) atoms. The van der Waals surface area contributed by atoms with Gasteiger partial charge in [0.25, 0.3) is 5.91 Å². The second-order valence-corrected chi connectivity index (χ2v) is 6.03. The first-order valence-corrected chi connectivity index (χ1v) is 7.88. The van der Waals surface area contributed by atoms with Gasteiger partial charge in [0.1, 0.15) is 5.82 Å². The Hall–Kier alpha value is -1.51. The third-order valence-corrected chi connectivity index (χ3v) is 4.12. The maximum Gasteiger partial charge on any atom is 0.254 e. The molecule has 0 spiro atoms. The minimum atomic E-state index is -4.10. The maximum atomic E-state index is 13.8. The predicted octanol–water partition coefficient (Wildman–Crippen LogP) is 0.890. The van der Waals surface area contributed by atoms with Crippen molar-refractivity contribution in [3.8, 4) is 0 Å². The van der Waals surface area contributed by atoms with Gasteiger partial charge in [0, 0.05) is 31.3 Å². The topological polar surface area (TPSA) is 89.7 Å². The van der Waals surface area contributed by atoms with Gasteiger partial charge in [0.15, 0.2) is 0 Å². The second kappa shape index (κ2) is 6.97. The summed E-state index contributed by atoms with van der Waals surface area (Å²) in [5, 5.41) is 5.04. The molecule has 8 heteroatoms. The number of primary sulfonamides is 1. The van der Waals surface area contributed by atoms with Crippen LogP contribution in [-0.2, 0) is 14.8 Å². The summed E-state index contributed by atoms with van der Waals surface area (Å²) in [4.78, 5) is 13.3. The lowest BCUT2D eigenvalue weighted by Gasteiger charge is -2.21. The molecule has 0 aliphatic heterocycles. The van der Waals surface area contributed by atoms with E-state index >= 15 is 0 Å². The van der Waals surface area contributed by atoms with Gasteiger partial charge in [-0.3, -0.25) is 4.79 Å². The minimum Gasteiger partial charge on any atom is -0.383 e. The van der Waals surface area contributed by atoms with E-state index in [4.69, 9.17) is 9.88 Å². The van der Waals surface area contributed by atoms with E-state index in [9.17, 15) is 17.6 Å². The number of methoxy groups -OCH3 is 1. The fourth-order valence-corrected chi connectivity index (χ4v) is 2.68. The number of likely N-dealkylation sites (N-methyl/N-ethyl adjacent to an activating group) is 1. The van der Waals surface area contributed by atoms with Crippen LogP contribution in [0.4, 0.5) is 4.39 Å². The number of nitrogens with zero attached hydrogens (tertiary/aromatic N) is 1. The average Bonchev–Trinajstić information content (AvgIpc) is 2.40. The summed E-state index contributed by atoms with van der Waals surface area (Å²) in [6, 6.07) is 2.12. The van der Waals surface area contributed by atoms with Crippen LogP contribution < -0.4 is 5.14 Å². The minimum absolute atomic E-state index is 0.0555. The third kappa shape index (κ3) is 4.23. The normalized spacial score (nSPS) is 11.5.